The lowest BCUT2D eigenvalue weighted by molar-refractivity contribution is 0.219. The molecule has 122 valence electrons. The minimum absolute atomic E-state index is 0.430. The standard InChI is InChI=1S/C18H18N4O2/c1-14-5-2-6-15(11-14)18-21-20-17(24-18)13-22(9-4-8-19)12-16-7-3-10-23-16/h2-3,5-7,10-11H,4,9,12-13H2,1H3. The van der Waals surface area contributed by atoms with Gasteiger partial charge in [0.1, 0.15) is 5.76 Å². The summed E-state index contributed by atoms with van der Waals surface area (Å²) in [4.78, 5) is 2.05. The van der Waals surface area contributed by atoms with Crippen LogP contribution in [0.4, 0.5) is 0 Å². The molecule has 6 heteroatoms. The van der Waals surface area contributed by atoms with Crippen molar-refractivity contribution in [1.82, 2.24) is 15.1 Å². The van der Waals surface area contributed by atoms with Gasteiger partial charge in [-0.2, -0.15) is 5.26 Å². The van der Waals surface area contributed by atoms with Gasteiger partial charge in [0.15, 0.2) is 0 Å². The molecule has 0 spiro atoms. The molecule has 0 fully saturated rings. The molecule has 3 rings (SSSR count). The van der Waals surface area contributed by atoms with Crippen molar-refractivity contribution in [3.05, 3.63) is 59.9 Å². The van der Waals surface area contributed by atoms with Crippen molar-refractivity contribution >= 4 is 0 Å². The molecule has 24 heavy (non-hydrogen) atoms. The molecule has 0 radical (unpaired) electrons. The Balaban J connectivity index is 1.71. The lowest BCUT2D eigenvalue weighted by Gasteiger charge is -2.17. The fourth-order valence-corrected chi connectivity index (χ4v) is 2.45. The van der Waals surface area contributed by atoms with Gasteiger partial charge in [0.25, 0.3) is 0 Å². The highest BCUT2D eigenvalue weighted by molar-refractivity contribution is 5.53. The van der Waals surface area contributed by atoms with Crippen molar-refractivity contribution in [1.29, 1.82) is 5.26 Å². The van der Waals surface area contributed by atoms with Crippen LogP contribution in [-0.2, 0) is 13.1 Å². The summed E-state index contributed by atoms with van der Waals surface area (Å²) in [7, 11) is 0. The molecule has 0 saturated carbocycles. The van der Waals surface area contributed by atoms with Crippen LogP contribution >= 0.6 is 0 Å². The maximum Gasteiger partial charge on any atom is 0.247 e. The minimum atomic E-state index is 0.430. The number of hydrogen-bond donors (Lipinski definition) is 0. The summed E-state index contributed by atoms with van der Waals surface area (Å²) in [5, 5.41) is 17.1. The van der Waals surface area contributed by atoms with Crippen LogP contribution in [0.5, 0.6) is 0 Å². The van der Waals surface area contributed by atoms with Gasteiger partial charge < -0.3 is 8.83 Å². The number of nitrogens with zero attached hydrogens (tertiary/aromatic N) is 4. The van der Waals surface area contributed by atoms with Crippen molar-refractivity contribution in [2.45, 2.75) is 26.4 Å². The zero-order chi connectivity index (χ0) is 16.8. The van der Waals surface area contributed by atoms with E-state index in [1.807, 2.05) is 43.3 Å². The van der Waals surface area contributed by atoms with Gasteiger partial charge in [0.2, 0.25) is 11.8 Å². The quantitative estimate of drug-likeness (QED) is 0.662. The summed E-state index contributed by atoms with van der Waals surface area (Å²) in [6.07, 6.45) is 2.07. The number of aryl methyl sites for hydroxylation is 1. The Morgan fingerprint density at radius 3 is 2.83 bits per heavy atom. The van der Waals surface area contributed by atoms with Crippen molar-refractivity contribution in [3.63, 3.8) is 0 Å². The Labute approximate surface area is 140 Å². The van der Waals surface area contributed by atoms with E-state index in [9.17, 15) is 0 Å². The van der Waals surface area contributed by atoms with Crippen molar-refractivity contribution in [3.8, 4) is 17.5 Å². The van der Waals surface area contributed by atoms with Crippen LogP contribution in [0.1, 0.15) is 23.6 Å². The van der Waals surface area contributed by atoms with Crippen LogP contribution in [0.15, 0.2) is 51.5 Å². The highest BCUT2D eigenvalue weighted by atomic mass is 16.4. The third-order valence-corrected chi connectivity index (χ3v) is 3.59. The van der Waals surface area contributed by atoms with Gasteiger partial charge in [0, 0.05) is 18.5 Å². The average molecular weight is 322 g/mol. The molecule has 0 aliphatic rings. The van der Waals surface area contributed by atoms with E-state index >= 15 is 0 Å². The van der Waals surface area contributed by atoms with Crippen LogP contribution in [0.3, 0.4) is 0 Å². The van der Waals surface area contributed by atoms with Gasteiger partial charge in [-0.05, 0) is 31.2 Å². The molecule has 3 aromatic rings. The second-order valence-corrected chi connectivity index (χ2v) is 5.57. The molecule has 0 aliphatic heterocycles. The van der Waals surface area contributed by atoms with Crippen molar-refractivity contribution < 1.29 is 8.83 Å². The predicted octanol–water partition coefficient (Wildman–Crippen LogP) is 3.55. The normalized spacial score (nSPS) is 10.9. The van der Waals surface area contributed by atoms with Crippen LogP contribution in [0, 0.1) is 18.3 Å². The van der Waals surface area contributed by atoms with Crippen molar-refractivity contribution in [2.75, 3.05) is 6.54 Å². The molecule has 1 aromatic carbocycles. The number of hydrogen-bond acceptors (Lipinski definition) is 6. The van der Waals surface area contributed by atoms with Gasteiger partial charge >= 0.3 is 0 Å². The SMILES string of the molecule is Cc1cccc(-c2nnc(CN(CCC#N)Cc3ccco3)o2)c1. The topological polar surface area (TPSA) is 79.1 Å². The smallest absolute Gasteiger partial charge is 0.247 e. The van der Waals surface area contributed by atoms with Gasteiger partial charge in [-0.15, -0.1) is 10.2 Å². The molecule has 6 nitrogen and oxygen atoms in total. The second-order valence-electron chi connectivity index (χ2n) is 5.57. The van der Waals surface area contributed by atoms with E-state index in [2.05, 4.69) is 21.2 Å². The molecule has 0 amide bonds. The first-order chi connectivity index (χ1) is 11.7. The first kappa shape index (κ1) is 16.0. The fraction of sp³-hybridized carbons (Fsp3) is 0.278. The van der Waals surface area contributed by atoms with Crippen molar-refractivity contribution in [2.24, 2.45) is 0 Å². The van der Waals surface area contributed by atoms with Crippen LogP contribution < -0.4 is 0 Å². The number of furan rings is 1. The Kier molecular flexibility index (Phi) is 5.04. The molecule has 0 atom stereocenters. The monoisotopic (exact) mass is 322 g/mol. The van der Waals surface area contributed by atoms with E-state index in [0.717, 1.165) is 16.9 Å². The highest BCUT2D eigenvalue weighted by Gasteiger charge is 2.14. The highest BCUT2D eigenvalue weighted by Crippen LogP contribution is 2.20. The summed E-state index contributed by atoms with van der Waals surface area (Å²) in [6, 6.07) is 13.9. The maximum atomic E-state index is 8.83. The molecule has 0 N–H and O–H groups in total. The third-order valence-electron chi connectivity index (χ3n) is 3.59. The zero-order valence-electron chi connectivity index (χ0n) is 13.5. The van der Waals surface area contributed by atoms with Crippen LogP contribution in [0.2, 0.25) is 0 Å². The summed E-state index contributed by atoms with van der Waals surface area (Å²) in [5.41, 5.74) is 2.05. The van der Waals surface area contributed by atoms with E-state index in [-0.39, 0.29) is 0 Å². The van der Waals surface area contributed by atoms with Gasteiger partial charge in [0.05, 0.1) is 25.4 Å². The lowest BCUT2D eigenvalue weighted by atomic mass is 10.1. The Bertz CT molecular complexity index is 818. The average Bonchev–Trinajstić information content (AvgIpc) is 3.24. The number of rotatable bonds is 7. The molecule has 2 heterocycles. The molecule has 0 bridgehead atoms. The van der Waals surface area contributed by atoms with E-state index in [4.69, 9.17) is 14.1 Å². The molecule has 0 unspecified atom stereocenters. The lowest BCUT2D eigenvalue weighted by Crippen LogP contribution is -2.23. The summed E-state index contributed by atoms with van der Waals surface area (Å²) < 4.78 is 11.2. The first-order valence-electron chi connectivity index (χ1n) is 7.75. The van der Waals surface area contributed by atoms with Gasteiger partial charge in [-0.25, -0.2) is 0 Å². The van der Waals surface area contributed by atoms with E-state index in [0.29, 0.717) is 37.8 Å². The Hall–Kier alpha value is -2.91. The van der Waals surface area contributed by atoms with Gasteiger partial charge in [-0.3, -0.25) is 4.90 Å². The molecular weight excluding hydrogens is 304 g/mol. The van der Waals surface area contributed by atoms with E-state index < -0.39 is 0 Å². The second kappa shape index (κ2) is 7.57. The largest absolute Gasteiger partial charge is 0.468 e. The van der Waals surface area contributed by atoms with Crippen LogP contribution in [-0.4, -0.2) is 21.6 Å². The van der Waals surface area contributed by atoms with Gasteiger partial charge in [-0.1, -0.05) is 17.7 Å². The van der Waals surface area contributed by atoms with E-state index in [1.54, 1.807) is 6.26 Å². The summed E-state index contributed by atoms with van der Waals surface area (Å²) in [5.74, 6) is 1.87. The number of benzene rings is 1. The van der Waals surface area contributed by atoms with Crippen LogP contribution in [0.25, 0.3) is 11.5 Å². The Morgan fingerprint density at radius 1 is 1.17 bits per heavy atom. The predicted molar refractivity (Wildman–Crippen MR) is 87.5 cm³/mol. The minimum Gasteiger partial charge on any atom is -0.468 e. The summed E-state index contributed by atoms with van der Waals surface area (Å²) >= 11 is 0. The molecule has 0 saturated heterocycles. The summed E-state index contributed by atoms with van der Waals surface area (Å²) in [6.45, 7) is 3.70. The third kappa shape index (κ3) is 4.09. The maximum absolute atomic E-state index is 8.83. The first-order valence-corrected chi connectivity index (χ1v) is 7.75. The fourth-order valence-electron chi connectivity index (χ4n) is 2.45. The molecule has 2 aromatic heterocycles. The zero-order valence-corrected chi connectivity index (χ0v) is 13.5. The Morgan fingerprint density at radius 2 is 2.08 bits per heavy atom. The molecule has 0 aliphatic carbocycles. The van der Waals surface area contributed by atoms with E-state index in [1.165, 1.54) is 0 Å². The number of aromatic nitrogens is 2. The molecular formula is C18H18N4O2. The number of nitriles is 1.